The van der Waals surface area contributed by atoms with Gasteiger partial charge >= 0.3 is 0 Å². The number of amides is 2. The molecule has 6 heteroatoms. The second kappa shape index (κ2) is 8.37. The van der Waals surface area contributed by atoms with Crippen LogP contribution < -0.4 is 10.6 Å². The third kappa shape index (κ3) is 5.11. The highest BCUT2D eigenvalue weighted by Crippen LogP contribution is 2.09. The van der Waals surface area contributed by atoms with Crippen molar-refractivity contribution in [3.63, 3.8) is 0 Å². The summed E-state index contributed by atoms with van der Waals surface area (Å²) in [6.45, 7) is 3.77. The summed E-state index contributed by atoms with van der Waals surface area (Å²) in [5.74, 6) is -2.22. The average molecular weight is 346 g/mol. The van der Waals surface area contributed by atoms with Crippen LogP contribution in [0.4, 0.5) is 8.78 Å². The van der Waals surface area contributed by atoms with E-state index >= 15 is 0 Å². The van der Waals surface area contributed by atoms with Crippen LogP contribution in [0.5, 0.6) is 0 Å². The maximum Gasteiger partial charge on any atom is 0.254 e. The highest BCUT2D eigenvalue weighted by Gasteiger charge is 2.25. The first kappa shape index (κ1) is 18.6. The zero-order valence-corrected chi connectivity index (χ0v) is 14.1. The van der Waals surface area contributed by atoms with E-state index in [1.54, 1.807) is 32.0 Å². The summed E-state index contributed by atoms with van der Waals surface area (Å²) < 4.78 is 26.6. The van der Waals surface area contributed by atoms with Gasteiger partial charge in [-0.2, -0.15) is 0 Å². The van der Waals surface area contributed by atoms with Gasteiger partial charge in [-0.05, 0) is 35.7 Å². The number of carbonyl (C=O) groups excluding carboxylic acids is 2. The summed E-state index contributed by atoms with van der Waals surface area (Å²) in [6, 6.07) is 10.5. The van der Waals surface area contributed by atoms with Gasteiger partial charge in [0, 0.05) is 6.54 Å². The molecule has 0 saturated carbocycles. The van der Waals surface area contributed by atoms with Crippen LogP contribution in [0, 0.1) is 17.6 Å². The molecule has 0 heterocycles. The average Bonchev–Trinajstić information content (AvgIpc) is 2.58. The molecule has 0 aliphatic carbocycles. The van der Waals surface area contributed by atoms with Gasteiger partial charge in [0.1, 0.15) is 17.7 Å². The Labute approximate surface area is 145 Å². The molecule has 132 valence electrons. The van der Waals surface area contributed by atoms with Crippen LogP contribution in [0.15, 0.2) is 48.5 Å². The molecule has 0 bridgehead atoms. The van der Waals surface area contributed by atoms with Gasteiger partial charge in [0.25, 0.3) is 5.91 Å². The molecule has 2 N–H and O–H groups in total. The smallest absolute Gasteiger partial charge is 0.254 e. The first-order valence-electron chi connectivity index (χ1n) is 7.96. The summed E-state index contributed by atoms with van der Waals surface area (Å²) in [6.07, 6.45) is 0. The fourth-order valence-electron chi connectivity index (χ4n) is 2.30. The van der Waals surface area contributed by atoms with Crippen molar-refractivity contribution in [2.75, 3.05) is 0 Å². The van der Waals surface area contributed by atoms with Crippen LogP contribution in [-0.2, 0) is 11.3 Å². The third-order valence-corrected chi connectivity index (χ3v) is 3.73. The summed E-state index contributed by atoms with van der Waals surface area (Å²) in [4.78, 5) is 24.6. The van der Waals surface area contributed by atoms with E-state index in [0.717, 1.165) is 5.56 Å². The van der Waals surface area contributed by atoms with Gasteiger partial charge in [-0.15, -0.1) is 0 Å². The molecule has 2 aromatic carbocycles. The van der Waals surface area contributed by atoms with Crippen LogP contribution in [-0.4, -0.2) is 17.9 Å². The van der Waals surface area contributed by atoms with Gasteiger partial charge < -0.3 is 10.6 Å². The number of carbonyl (C=O) groups is 2. The molecule has 2 aromatic rings. The van der Waals surface area contributed by atoms with Gasteiger partial charge in [0.05, 0.1) is 5.56 Å². The van der Waals surface area contributed by atoms with Gasteiger partial charge in [-0.1, -0.05) is 38.1 Å². The maximum atomic E-state index is 13.7. The van der Waals surface area contributed by atoms with Crippen molar-refractivity contribution < 1.29 is 18.4 Å². The lowest BCUT2D eigenvalue weighted by atomic mass is 10.0. The van der Waals surface area contributed by atoms with E-state index in [4.69, 9.17) is 0 Å². The van der Waals surface area contributed by atoms with Gasteiger partial charge in [0.2, 0.25) is 5.91 Å². The standard InChI is InChI=1S/C19H20F2N2O2/c1-12(2)17(23-18(24)15-5-3-4-6-16(15)21)19(25)22-11-13-7-9-14(20)10-8-13/h3-10,12,17H,11H2,1-2H3,(H,22,25)(H,23,24)/t17-/m1/s1. The lowest BCUT2D eigenvalue weighted by Gasteiger charge is -2.22. The Kier molecular flexibility index (Phi) is 6.22. The molecular formula is C19H20F2N2O2. The van der Waals surface area contributed by atoms with Crippen LogP contribution in [0.25, 0.3) is 0 Å². The normalized spacial score (nSPS) is 11.9. The molecule has 2 rings (SSSR count). The number of hydrogen-bond acceptors (Lipinski definition) is 2. The molecule has 1 atom stereocenters. The third-order valence-electron chi connectivity index (χ3n) is 3.73. The second-order valence-electron chi connectivity index (χ2n) is 6.02. The van der Waals surface area contributed by atoms with E-state index in [-0.39, 0.29) is 29.8 Å². The van der Waals surface area contributed by atoms with Crippen molar-refractivity contribution in [2.24, 2.45) is 5.92 Å². The quantitative estimate of drug-likeness (QED) is 0.845. The van der Waals surface area contributed by atoms with E-state index < -0.39 is 17.8 Å². The van der Waals surface area contributed by atoms with Crippen LogP contribution in [0.3, 0.4) is 0 Å². The number of hydrogen-bond donors (Lipinski definition) is 2. The molecule has 2 amide bonds. The molecule has 4 nitrogen and oxygen atoms in total. The van der Waals surface area contributed by atoms with E-state index in [0.29, 0.717) is 0 Å². The SMILES string of the molecule is CC(C)[C@@H](NC(=O)c1ccccc1F)C(=O)NCc1ccc(F)cc1. The molecule has 0 fully saturated rings. The highest BCUT2D eigenvalue weighted by atomic mass is 19.1. The first-order chi connectivity index (χ1) is 11.9. The molecular weight excluding hydrogens is 326 g/mol. The topological polar surface area (TPSA) is 58.2 Å². The van der Waals surface area contributed by atoms with E-state index in [9.17, 15) is 18.4 Å². The lowest BCUT2D eigenvalue weighted by Crippen LogP contribution is -2.49. The minimum atomic E-state index is -0.812. The van der Waals surface area contributed by atoms with Gasteiger partial charge in [-0.25, -0.2) is 8.78 Å². The van der Waals surface area contributed by atoms with Crippen molar-refractivity contribution in [3.8, 4) is 0 Å². The predicted octanol–water partition coefficient (Wildman–Crippen LogP) is 3.04. The van der Waals surface area contributed by atoms with Crippen molar-refractivity contribution in [1.82, 2.24) is 10.6 Å². The second-order valence-corrected chi connectivity index (χ2v) is 6.02. The summed E-state index contributed by atoms with van der Waals surface area (Å²) in [5.41, 5.74) is 0.622. The lowest BCUT2D eigenvalue weighted by molar-refractivity contribution is -0.124. The molecule has 25 heavy (non-hydrogen) atoms. The minimum absolute atomic E-state index is 0.112. The highest BCUT2D eigenvalue weighted by molar-refractivity contribution is 5.97. The van der Waals surface area contributed by atoms with Gasteiger partial charge in [-0.3, -0.25) is 9.59 Å². The Morgan fingerprint density at radius 2 is 1.64 bits per heavy atom. The minimum Gasteiger partial charge on any atom is -0.350 e. The zero-order chi connectivity index (χ0) is 18.4. The van der Waals surface area contributed by atoms with Crippen LogP contribution in [0.1, 0.15) is 29.8 Å². The molecule has 0 unspecified atom stereocenters. The number of halogens is 2. The summed E-state index contributed by atoms with van der Waals surface area (Å²) >= 11 is 0. The Morgan fingerprint density at radius 3 is 2.24 bits per heavy atom. The Hall–Kier alpha value is -2.76. The van der Waals surface area contributed by atoms with Gasteiger partial charge in [0.15, 0.2) is 0 Å². The van der Waals surface area contributed by atoms with E-state index in [1.165, 1.54) is 30.3 Å². The van der Waals surface area contributed by atoms with Crippen molar-refractivity contribution in [2.45, 2.75) is 26.4 Å². The molecule has 0 saturated heterocycles. The van der Waals surface area contributed by atoms with Crippen molar-refractivity contribution in [1.29, 1.82) is 0 Å². The Balaban J connectivity index is 2.01. The predicted molar refractivity (Wildman–Crippen MR) is 90.7 cm³/mol. The zero-order valence-electron chi connectivity index (χ0n) is 14.1. The van der Waals surface area contributed by atoms with Crippen LogP contribution >= 0.6 is 0 Å². The molecule has 0 spiro atoms. The van der Waals surface area contributed by atoms with Crippen molar-refractivity contribution >= 4 is 11.8 Å². The fraction of sp³-hybridized carbons (Fsp3) is 0.263. The first-order valence-corrected chi connectivity index (χ1v) is 7.96. The molecule has 0 aromatic heterocycles. The van der Waals surface area contributed by atoms with E-state index in [2.05, 4.69) is 10.6 Å². The van der Waals surface area contributed by atoms with Crippen LogP contribution in [0.2, 0.25) is 0 Å². The summed E-state index contributed by atoms with van der Waals surface area (Å²) in [7, 11) is 0. The fourth-order valence-corrected chi connectivity index (χ4v) is 2.30. The Bertz CT molecular complexity index is 745. The summed E-state index contributed by atoms with van der Waals surface area (Å²) in [5, 5.41) is 5.27. The Morgan fingerprint density at radius 1 is 1.00 bits per heavy atom. The molecule has 0 aliphatic heterocycles. The molecule has 0 radical (unpaired) electrons. The maximum absolute atomic E-state index is 13.7. The van der Waals surface area contributed by atoms with Crippen molar-refractivity contribution in [3.05, 3.63) is 71.3 Å². The largest absolute Gasteiger partial charge is 0.350 e. The number of nitrogens with one attached hydrogen (secondary N) is 2. The monoisotopic (exact) mass is 346 g/mol. The van der Waals surface area contributed by atoms with E-state index in [1.807, 2.05) is 0 Å². The number of benzene rings is 2. The molecule has 0 aliphatic rings. The number of rotatable bonds is 6.